The topological polar surface area (TPSA) is 68.9 Å². The fourth-order valence-electron chi connectivity index (χ4n) is 1.79. The summed E-state index contributed by atoms with van der Waals surface area (Å²) in [5.41, 5.74) is 6.78. The van der Waals surface area contributed by atoms with Crippen molar-refractivity contribution in [2.75, 3.05) is 20.8 Å². The number of nitrogens with two attached hydrogens (primary N) is 1. The van der Waals surface area contributed by atoms with Crippen molar-refractivity contribution in [3.63, 3.8) is 0 Å². The molecule has 1 rings (SSSR count). The number of nitrogens with zero attached hydrogens (tertiary/aromatic N) is 1. The molecule has 0 saturated heterocycles. The number of hydrogen-bond acceptors (Lipinski definition) is 3. The van der Waals surface area contributed by atoms with Crippen molar-refractivity contribution in [1.82, 2.24) is 5.32 Å². The van der Waals surface area contributed by atoms with E-state index in [1.54, 1.807) is 14.2 Å². The molecule has 0 saturated carbocycles. The maximum Gasteiger partial charge on any atom is 0.188 e. The van der Waals surface area contributed by atoms with Gasteiger partial charge in [0.2, 0.25) is 0 Å². The Labute approximate surface area is 121 Å². The molecule has 0 aliphatic heterocycles. The molecular weight excluding hydrogens is 254 g/mol. The van der Waals surface area contributed by atoms with Crippen LogP contribution in [0.2, 0.25) is 0 Å². The van der Waals surface area contributed by atoms with Gasteiger partial charge in [-0.1, -0.05) is 26.0 Å². The molecule has 0 fully saturated rings. The highest BCUT2D eigenvalue weighted by molar-refractivity contribution is 5.77. The van der Waals surface area contributed by atoms with Gasteiger partial charge in [-0.2, -0.15) is 0 Å². The summed E-state index contributed by atoms with van der Waals surface area (Å²) in [6.07, 6.45) is 1.07. The Balaban J connectivity index is 2.64. The first kappa shape index (κ1) is 16.1. The first-order valence-corrected chi connectivity index (χ1v) is 6.82. The minimum Gasteiger partial charge on any atom is -0.493 e. The van der Waals surface area contributed by atoms with E-state index in [0.29, 0.717) is 29.9 Å². The second-order valence-corrected chi connectivity index (χ2v) is 4.96. The van der Waals surface area contributed by atoms with Crippen molar-refractivity contribution >= 4 is 5.96 Å². The van der Waals surface area contributed by atoms with Crippen molar-refractivity contribution in [3.05, 3.63) is 23.8 Å². The van der Waals surface area contributed by atoms with Crippen molar-refractivity contribution < 1.29 is 9.47 Å². The number of hydrogen-bond donors (Lipinski definition) is 2. The third-order valence-corrected chi connectivity index (χ3v) is 2.93. The molecule has 20 heavy (non-hydrogen) atoms. The molecule has 5 heteroatoms. The summed E-state index contributed by atoms with van der Waals surface area (Å²) in [5.74, 6) is 2.50. The minimum absolute atomic E-state index is 0.454. The predicted octanol–water partition coefficient (Wildman–Crippen LogP) is 2.15. The maximum absolute atomic E-state index is 5.84. The Kier molecular flexibility index (Phi) is 6.70. The van der Waals surface area contributed by atoms with E-state index in [0.717, 1.165) is 18.5 Å². The molecule has 0 spiro atoms. The second kappa shape index (κ2) is 8.30. The first-order chi connectivity index (χ1) is 9.58. The zero-order valence-electron chi connectivity index (χ0n) is 12.8. The lowest BCUT2D eigenvalue weighted by Crippen LogP contribution is -2.32. The lowest BCUT2D eigenvalue weighted by Gasteiger charge is -2.11. The van der Waals surface area contributed by atoms with Crippen LogP contribution in [-0.4, -0.2) is 26.7 Å². The molecule has 0 radical (unpaired) electrons. The number of guanidine groups is 1. The fraction of sp³-hybridized carbons (Fsp3) is 0.533. The van der Waals surface area contributed by atoms with Crippen LogP contribution in [-0.2, 0) is 6.54 Å². The number of ether oxygens (including phenoxy) is 2. The van der Waals surface area contributed by atoms with Crippen molar-refractivity contribution in [2.24, 2.45) is 16.6 Å². The molecule has 0 atom stereocenters. The van der Waals surface area contributed by atoms with Gasteiger partial charge < -0.3 is 20.5 Å². The van der Waals surface area contributed by atoms with E-state index < -0.39 is 0 Å². The predicted molar refractivity (Wildman–Crippen MR) is 82.3 cm³/mol. The van der Waals surface area contributed by atoms with Crippen LogP contribution in [0.4, 0.5) is 0 Å². The maximum atomic E-state index is 5.84. The second-order valence-electron chi connectivity index (χ2n) is 4.96. The van der Waals surface area contributed by atoms with Crippen LogP contribution in [0.15, 0.2) is 23.2 Å². The van der Waals surface area contributed by atoms with Crippen molar-refractivity contribution in [3.8, 4) is 11.5 Å². The highest BCUT2D eigenvalue weighted by atomic mass is 16.5. The van der Waals surface area contributed by atoms with E-state index in [2.05, 4.69) is 24.2 Å². The molecular formula is C15H25N3O2. The number of benzene rings is 1. The summed E-state index contributed by atoms with van der Waals surface area (Å²) in [6.45, 7) is 5.65. The lowest BCUT2D eigenvalue weighted by atomic mass is 10.1. The van der Waals surface area contributed by atoms with Gasteiger partial charge in [0.1, 0.15) is 0 Å². The van der Waals surface area contributed by atoms with Gasteiger partial charge in [-0.25, -0.2) is 4.99 Å². The average Bonchev–Trinajstić information content (AvgIpc) is 2.44. The third-order valence-electron chi connectivity index (χ3n) is 2.93. The number of para-hydroxylation sites is 1. The van der Waals surface area contributed by atoms with Crippen LogP contribution >= 0.6 is 0 Å². The summed E-state index contributed by atoms with van der Waals surface area (Å²) in [4.78, 5) is 4.32. The van der Waals surface area contributed by atoms with Gasteiger partial charge >= 0.3 is 0 Å². The molecule has 0 aromatic heterocycles. The fourth-order valence-corrected chi connectivity index (χ4v) is 1.79. The molecule has 1 aromatic rings. The van der Waals surface area contributed by atoms with Crippen molar-refractivity contribution in [1.29, 1.82) is 0 Å². The Hall–Kier alpha value is -1.91. The number of methoxy groups -OCH3 is 2. The van der Waals surface area contributed by atoms with Gasteiger partial charge in [0, 0.05) is 12.1 Å². The largest absolute Gasteiger partial charge is 0.493 e. The third kappa shape index (κ3) is 4.99. The van der Waals surface area contributed by atoms with E-state index in [1.807, 2.05) is 18.2 Å². The summed E-state index contributed by atoms with van der Waals surface area (Å²) >= 11 is 0. The van der Waals surface area contributed by atoms with Crippen LogP contribution in [0, 0.1) is 5.92 Å². The number of rotatable bonds is 7. The molecule has 3 N–H and O–H groups in total. The van der Waals surface area contributed by atoms with E-state index in [4.69, 9.17) is 15.2 Å². The van der Waals surface area contributed by atoms with Gasteiger partial charge in [0.15, 0.2) is 17.5 Å². The highest BCUT2D eigenvalue weighted by Gasteiger charge is 2.08. The SMILES string of the molecule is COc1cccc(CN=C(N)NCCC(C)C)c1OC. The molecule has 0 aliphatic rings. The van der Waals surface area contributed by atoms with Gasteiger partial charge in [-0.15, -0.1) is 0 Å². The number of nitrogens with one attached hydrogen (secondary N) is 1. The molecule has 0 amide bonds. The molecule has 0 bridgehead atoms. The Bertz CT molecular complexity index is 445. The Morgan fingerprint density at radius 1 is 1.30 bits per heavy atom. The molecule has 0 aliphatic carbocycles. The minimum atomic E-state index is 0.454. The van der Waals surface area contributed by atoms with Gasteiger partial charge in [-0.05, 0) is 18.4 Å². The van der Waals surface area contributed by atoms with E-state index >= 15 is 0 Å². The molecule has 0 heterocycles. The molecule has 0 unspecified atom stereocenters. The molecule has 5 nitrogen and oxygen atoms in total. The van der Waals surface area contributed by atoms with Crippen LogP contribution < -0.4 is 20.5 Å². The van der Waals surface area contributed by atoms with Gasteiger partial charge in [0.25, 0.3) is 0 Å². The first-order valence-electron chi connectivity index (χ1n) is 6.82. The zero-order valence-corrected chi connectivity index (χ0v) is 12.8. The highest BCUT2D eigenvalue weighted by Crippen LogP contribution is 2.30. The monoisotopic (exact) mass is 279 g/mol. The Morgan fingerprint density at radius 2 is 2.05 bits per heavy atom. The normalized spacial score (nSPS) is 11.6. The quantitative estimate of drug-likeness (QED) is 0.593. The van der Waals surface area contributed by atoms with Gasteiger partial charge in [-0.3, -0.25) is 0 Å². The van der Waals surface area contributed by atoms with E-state index in [-0.39, 0.29) is 0 Å². The summed E-state index contributed by atoms with van der Waals surface area (Å²) in [7, 11) is 3.24. The lowest BCUT2D eigenvalue weighted by molar-refractivity contribution is 0.352. The standard InChI is InChI=1S/C15H25N3O2/c1-11(2)8-9-17-15(16)18-10-12-6-5-7-13(19-3)14(12)20-4/h5-7,11H,8-10H2,1-4H3,(H3,16,17,18). The van der Waals surface area contributed by atoms with Gasteiger partial charge in [0.05, 0.1) is 20.8 Å². The Morgan fingerprint density at radius 3 is 2.65 bits per heavy atom. The van der Waals surface area contributed by atoms with Crippen molar-refractivity contribution in [2.45, 2.75) is 26.8 Å². The van der Waals surface area contributed by atoms with E-state index in [1.165, 1.54) is 0 Å². The average molecular weight is 279 g/mol. The zero-order chi connectivity index (χ0) is 15.0. The summed E-state index contributed by atoms with van der Waals surface area (Å²) in [6, 6.07) is 5.72. The van der Waals surface area contributed by atoms with E-state index in [9.17, 15) is 0 Å². The van der Waals surface area contributed by atoms with Crippen LogP contribution in [0.5, 0.6) is 11.5 Å². The molecule has 1 aromatic carbocycles. The smallest absolute Gasteiger partial charge is 0.188 e. The summed E-state index contributed by atoms with van der Waals surface area (Å²) in [5, 5.41) is 3.11. The summed E-state index contributed by atoms with van der Waals surface area (Å²) < 4.78 is 10.6. The van der Waals surface area contributed by atoms with Crippen LogP contribution in [0.1, 0.15) is 25.8 Å². The van der Waals surface area contributed by atoms with Crippen LogP contribution in [0.25, 0.3) is 0 Å². The molecule has 112 valence electrons. The number of aliphatic imine (C=N–C) groups is 1. The van der Waals surface area contributed by atoms with Crippen LogP contribution in [0.3, 0.4) is 0 Å².